The monoisotopic (exact) mass is 286 g/mol. The van der Waals surface area contributed by atoms with Crippen LogP contribution in [0.15, 0.2) is 36.5 Å². The van der Waals surface area contributed by atoms with Gasteiger partial charge in [-0.15, -0.1) is 0 Å². The minimum absolute atomic E-state index is 0.468. The van der Waals surface area contributed by atoms with Gasteiger partial charge in [0, 0.05) is 18.8 Å². The van der Waals surface area contributed by atoms with Crippen LogP contribution in [0, 0.1) is 0 Å². The second-order valence-electron chi connectivity index (χ2n) is 3.45. The molecule has 20 heavy (non-hydrogen) atoms. The minimum Gasteiger partial charge on any atom is -0.275 e. The van der Waals surface area contributed by atoms with E-state index in [1.54, 1.807) is 30.1 Å². The maximum Gasteiger partial charge on any atom is 0.416 e. The molecule has 0 amide bonds. The zero-order chi connectivity index (χ0) is 15.8. The van der Waals surface area contributed by atoms with Crippen molar-refractivity contribution in [1.29, 1.82) is 0 Å². The number of alkyl halides is 3. The number of hydrogen-bond acceptors (Lipinski definition) is 1. The number of aryl methyl sites for hydroxylation is 1. The lowest BCUT2D eigenvalue weighted by atomic mass is 10.1. The highest BCUT2D eigenvalue weighted by molar-refractivity contribution is 5.59. The van der Waals surface area contributed by atoms with Crippen molar-refractivity contribution in [2.45, 2.75) is 33.9 Å². The number of benzene rings is 1. The van der Waals surface area contributed by atoms with Gasteiger partial charge in [-0.25, -0.2) is 0 Å². The summed E-state index contributed by atoms with van der Waals surface area (Å²) < 4.78 is 38.9. The van der Waals surface area contributed by atoms with Crippen LogP contribution in [0.2, 0.25) is 0 Å². The minimum atomic E-state index is -4.31. The highest BCUT2D eigenvalue weighted by Gasteiger charge is 2.30. The van der Waals surface area contributed by atoms with Crippen LogP contribution in [0.1, 0.15) is 33.3 Å². The topological polar surface area (TPSA) is 17.8 Å². The first-order chi connectivity index (χ1) is 9.47. The standard InChI is InChI=1S/C11H9F3N2.2C2H6/c1-16-6-5-10(15-16)8-3-2-4-9(7-8)11(12,13)14;2*1-2/h2-7H,1H3;2*1-2H3. The number of nitrogens with zero attached hydrogens (tertiary/aromatic N) is 2. The maximum absolute atomic E-state index is 12.5. The van der Waals surface area contributed by atoms with Gasteiger partial charge in [-0.2, -0.15) is 18.3 Å². The lowest BCUT2D eigenvalue weighted by Gasteiger charge is -2.07. The van der Waals surface area contributed by atoms with E-state index in [0.29, 0.717) is 11.3 Å². The summed E-state index contributed by atoms with van der Waals surface area (Å²) in [5.74, 6) is 0. The van der Waals surface area contributed by atoms with Gasteiger partial charge in [0.1, 0.15) is 0 Å². The number of aromatic nitrogens is 2. The fraction of sp³-hybridized carbons (Fsp3) is 0.400. The molecule has 0 bridgehead atoms. The molecular weight excluding hydrogens is 265 g/mol. The summed E-state index contributed by atoms with van der Waals surface area (Å²) in [4.78, 5) is 0. The normalized spacial score (nSPS) is 10.0. The average molecular weight is 286 g/mol. The molecule has 2 nitrogen and oxygen atoms in total. The van der Waals surface area contributed by atoms with E-state index in [1.165, 1.54) is 6.07 Å². The summed E-state index contributed by atoms with van der Waals surface area (Å²) in [7, 11) is 1.72. The van der Waals surface area contributed by atoms with Gasteiger partial charge in [0.15, 0.2) is 0 Å². The Morgan fingerprint density at radius 2 is 1.60 bits per heavy atom. The quantitative estimate of drug-likeness (QED) is 0.708. The Morgan fingerprint density at radius 1 is 1.00 bits per heavy atom. The molecule has 0 spiro atoms. The Morgan fingerprint density at radius 3 is 2.05 bits per heavy atom. The number of rotatable bonds is 1. The second kappa shape index (κ2) is 8.40. The molecule has 0 aliphatic carbocycles. The van der Waals surface area contributed by atoms with Crippen molar-refractivity contribution in [2.75, 3.05) is 0 Å². The van der Waals surface area contributed by atoms with Crippen molar-refractivity contribution >= 4 is 0 Å². The molecular formula is C15H21F3N2. The van der Waals surface area contributed by atoms with Crippen LogP contribution < -0.4 is 0 Å². The van der Waals surface area contributed by atoms with Gasteiger partial charge < -0.3 is 0 Å². The Hall–Kier alpha value is -1.78. The molecule has 0 fully saturated rings. The SMILES string of the molecule is CC.CC.Cn1ccc(-c2cccc(C(F)(F)F)c2)n1. The van der Waals surface area contributed by atoms with Crippen LogP contribution in [0.3, 0.4) is 0 Å². The molecule has 0 unspecified atom stereocenters. The molecule has 1 aromatic heterocycles. The molecule has 0 aliphatic heterocycles. The van der Waals surface area contributed by atoms with Gasteiger partial charge >= 0.3 is 6.18 Å². The van der Waals surface area contributed by atoms with E-state index in [-0.39, 0.29) is 0 Å². The molecule has 1 heterocycles. The molecule has 2 rings (SSSR count). The van der Waals surface area contributed by atoms with Crippen molar-refractivity contribution in [1.82, 2.24) is 9.78 Å². The molecule has 5 heteroatoms. The molecule has 0 N–H and O–H groups in total. The molecule has 0 atom stereocenters. The Labute approximate surface area is 118 Å². The van der Waals surface area contributed by atoms with Gasteiger partial charge in [-0.05, 0) is 18.2 Å². The van der Waals surface area contributed by atoms with Crippen LogP contribution in [0.25, 0.3) is 11.3 Å². The third-order valence-corrected chi connectivity index (χ3v) is 2.20. The Balaban J connectivity index is 0.000000829. The van der Waals surface area contributed by atoms with Gasteiger partial charge in [0.25, 0.3) is 0 Å². The fourth-order valence-electron chi connectivity index (χ4n) is 1.42. The van der Waals surface area contributed by atoms with Gasteiger partial charge in [0.2, 0.25) is 0 Å². The van der Waals surface area contributed by atoms with Crippen molar-refractivity contribution in [3.63, 3.8) is 0 Å². The highest BCUT2D eigenvalue weighted by atomic mass is 19.4. The van der Waals surface area contributed by atoms with E-state index in [2.05, 4.69) is 5.10 Å². The predicted molar refractivity (Wildman–Crippen MR) is 76.3 cm³/mol. The van der Waals surface area contributed by atoms with Crippen LogP contribution in [0.5, 0.6) is 0 Å². The zero-order valence-corrected chi connectivity index (χ0v) is 12.5. The van der Waals surface area contributed by atoms with Gasteiger partial charge in [-0.3, -0.25) is 4.68 Å². The summed E-state index contributed by atoms with van der Waals surface area (Å²) in [5, 5.41) is 4.05. The number of halogens is 3. The summed E-state index contributed by atoms with van der Waals surface area (Å²) in [6.45, 7) is 8.00. The van der Waals surface area contributed by atoms with E-state index in [0.717, 1.165) is 12.1 Å². The fourth-order valence-corrected chi connectivity index (χ4v) is 1.42. The van der Waals surface area contributed by atoms with E-state index in [9.17, 15) is 13.2 Å². The first-order valence-electron chi connectivity index (χ1n) is 6.64. The summed E-state index contributed by atoms with van der Waals surface area (Å²) in [5.41, 5.74) is 0.347. The van der Waals surface area contributed by atoms with E-state index in [1.807, 2.05) is 27.7 Å². The first kappa shape index (κ1) is 18.2. The van der Waals surface area contributed by atoms with Crippen LogP contribution in [-0.2, 0) is 13.2 Å². The smallest absolute Gasteiger partial charge is 0.275 e. The first-order valence-corrected chi connectivity index (χ1v) is 6.64. The zero-order valence-electron chi connectivity index (χ0n) is 12.5. The van der Waals surface area contributed by atoms with E-state index in [4.69, 9.17) is 0 Å². The van der Waals surface area contributed by atoms with Crippen molar-refractivity contribution in [2.24, 2.45) is 7.05 Å². The van der Waals surface area contributed by atoms with E-state index < -0.39 is 11.7 Å². The van der Waals surface area contributed by atoms with Crippen LogP contribution >= 0.6 is 0 Å². The lowest BCUT2D eigenvalue weighted by Crippen LogP contribution is -2.04. The van der Waals surface area contributed by atoms with Crippen molar-refractivity contribution in [3.05, 3.63) is 42.1 Å². The summed E-state index contributed by atoms with van der Waals surface area (Å²) >= 11 is 0. The second-order valence-corrected chi connectivity index (χ2v) is 3.45. The van der Waals surface area contributed by atoms with Crippen molar-refractivity contribution in [3.8, 4) is 11.3 Å². The molecule has 0 saturated heterocycles. The average Bonchev–Trinajstić information content (AvgIpc) is 2.89. The van der Waals surface area contributed by atoms with E-state index >= 15 is 0 Å². The lowest BCUT2D eigenvalue weighted by molar-refractivity contribution is -0.137. The molecule has 0 saturated carbocycles. The molecule has 112 valence electrons. The Bertz CT molecular complexity index is 502. The largest absolute Gasteiger partial charge is 0.416 e. The third-order valence-electron chi connectivity index (χ3n) is 2.20. The maximum atomic E-state index is 12.5. The van der Waals surface area contributed by atoms with Crippen LogP contribution in [-0.4, -0.2) is 9.78 Å². The third kappa shape index (κ3) is 5.07. The predicted octanol–water partition coefficient (Wildman–Crippen LogP) is 5.16. The molecule has 0 radical (unpaired) electrons. The van der Waals surface area contributed by atoms with Gasteiger partial charge in [0.05, 0.1) is 11.3 Å². The summed E-state index contributed by atoms with van der Waals surface area (Å²) in [6.07, 6.45) is -2.62. The van der Waals surface area contributed by atoms with Gasteiger partial charge in [-0.1, -0.05) is 39.8 Å². The highest BCUT2D eigenvalue weighted by Crippen LogP contribution is 2.31. The molecule has 1 aromatic carbocycles. The van der Waals surface area contributed by atoms with Crippen LogP contribution in [0.4, 0.5) is 13.2 Å². The Kier molecular flexibility index (Phi) is 7.65. The molecule has 2 aromatic rings. The number of hydrogen-bond donors (Lipinski definition) is 0. The summed E-state index contributed by atoms with van der Waals surface area (Å²) in [6, 6.07) is 6.81. The van der Waals surface area contributed by atoms with Crippen molar-refractivity contribution < 1.29 is 13.2 Å². The molecule has 0 aliphatic rings.